The Labute approximate surface area is 85.4 Å². The van der Waals surface area contributed by atoms with E-state index in [1.807, 2.05) is 13.8 Å². The Balaban J connectivity index is 3.38. The maximum Gasteiger partial charge on any atom is 0.318 e. The zero-order chi connectivity index (χ0) is 10.1. The van der Waals surface area contributed by atoms with Gasteiger partial charge in [-0.3, -0.25) is 4.79 Å². The summed E-state index contributed by atoms with van der Waals surface area (Å²) in [5.74, 6) is 0.984. The second-order valence-corrected chi connectivity index (χ2v) is 4.42. The van der Waals surface area contributed by atoms with Gasteiger partial charge in [-0.2, -0.15) is 0 Å². The van der Waals surface area contributed by atoms with Crippen molar-refractivity contribution in [3.05, 3.63) is 0 Å². The van der Waals surface area contributed by atoms with E-state index in [-0.39, 0.29) is 11.2 Å². The normalized spacial score (nSPS) is 12.5. The molecule has 0 amide bonds. The van der Waals surface area contributed by atoms with Crippen LogP contribution in [-0.4, -0.2) is 23.6 Å². The van der Waals surface area contributed by atoms with Crippen molar-refractivity contribution in [3.8, 4) is 0 Å². The maximum absolute atomic E-state index is 11.2. The Kier molecular flexibility index (Phi) is 8.30. The second-order valence-electron chi connectivity index (χ2n) is 2.97. The first-order valence-corrected chi connectivity index (χ1v) is 6.05. The van der Waals surface area contributed by atoms with E-state index < -0.39 is 0 Å². The number of rotatable bonds is 7. The Morgan fingerprint density at radius 2 is 2.08 bits per heavy atom. The van der Waals surface area contributed by atoms with Crippen LogP contribution in [-0.2, 0) is 9.53 Å². The highest BCUT2D eigenvalue weighted by molar-refractivity contribution is 8.00. The maximum atomic E-state index is 11.2. The van der Waals surface area contributed by atoms with Crippen LogP contribution < -0.4 is 0 Å². The summed E-state index contributed by atoms with van der Waals surface area (Å²) in [5, 5.41) is -0.00296. The van der Waals surface area contributed by atoms with E-state index in [1.165, 1.54) is 19.3 Å². The zero-order valence-electron chi connectivity index (χ0n) is 8.84. The summed E-state index contributed by atoms with van der Waals surface area (Å²) in [6.45, 7) is 6.42. The third kappa shape index (κ3) is 6.94. The Bertz CT molecular complexity index is 137. The molecular formula is C10H20O2S. The Morgan fingerprint density at radius 3 is 2.62 bits per heavy atom. The predicted octanol–water partition coefficient (Wildman–Crippen LogP) is 2.86. The molecule has 3 heteroatoms. The lowest BCUT2D eigenvalue weighted by Crippen LogP contribution is -2.17. The number of carbonyl (C=O) groups is 1. The molecule has 1 unspecified atom stereocenters. The average molecular weight is 204 g/mol. The first-order valence-electron chi connectivity index (χ1n) is 5.00. The van der Waals surface area contributed by atoms with Gasteiger partial charge in [0.25, 0.3) is 0 Å². The smallest absolute Gasteiger partial charge is 0.318 e. The fourth-order valence-electron chi connectivity index (χ4n) is 0.940. The van der Waals surface area contributed by atoms with Crippen LogP contribution >= 0.6 is 11.8 Å². The van der Waals surface area contributed by atoms with Crippen LogP contribution in [0.2, 0.25) is 0 Å². The monoisotopic (exact) mass is 204 g/mol. The summed E-state index contributed by atoms with van der Waals surface area (Å²) in [7, 11) is 0. The molecule has 0 aromatic heterocycles. The van der Waals surface area contributed by atoms with Crippen molar-refractivity contribution in [1.29, 1.82) is 0 Å². The molecule has 2 nitrogen and oxygen atoms in total. The van der Waals surface area contributed by atoms with E-state index in [4.69, 9.17) is 4.74 Å². The van der Waals surface area contributed by atoms with Gasteiger partial charge in [0.2, 0.25) is 0 Å². The molecule has 0 fully saturated rings. The van der Waals surface area contributed by atoms with Crippen molar-refractivity contribution >= 4 is 17.7 Å². The number of carbonyl (C=O) groups excluding carboxylic acids is 1. The predicted molar refractivity (Wildman–Crippen MR) is 58.1 cm³/mol. The fourth-order valence-corrected chi connectivity index (χ4v) is 1.87. The minimum Gasteiger partial charge on any atom is -0.465 e. The molecule has 0 aromatic rings. The highest BCUT2D eigenvalue weighted by atomic mass is 32.2. The van der Waals surface area contributed by atoms with Crippen molar-refractivity contribution in [3.63, 3.8) is 0 Å². The molecule has 0 heterocycles. The molecule has 0 saturated heterocycles. The van der Waals surface area contributed by atoms with E-state index in [2.05, 4.69) is 6.92 Å². The first-order chi connectivity index (χ1) is 6.22. The van der Waals surface area contributed by atoms with Crippen LogP contribution in [0.25, 0.3) is 0 Å². The van der Waals surface area contributed by atoms with Gasteiger partial charge in [0, 0.05) is 0 Å². The van der Waals surface area contributed by atoms with Gasteiger partial charge in [0.05, 0.1) is 11.9 Å². The van der Waals surface area contributed by atoms with Crippen molar-refractivity contribution in [2.75, 3.05) is 12.4 Å². The standard InChI is InChI=1S/C10H20O2S/c1-4-6-7-8-13-9(3)10(11)12-5-2/h9H,4-8H2,1-3H3. The average Bonchev–Trinajstić information content (AvgIpc) is 2.12. The molecular weight excluding hydrogens is 184 g/mol. The molecule has 0 bridgehead atoms. The first kappa shape index (κ1) is 12.8. The summed E-state index contributed by atoms with van der Waals surface area (Å²) in [4.78, 5) is 11.2. The van der Waals surface area contributed by atoms with Gasteiger partial charge >= 0.3 is 5.97 Å². The SMILES string of the molecule is CCCCCSC(C)C(=O)OCC. The lowest BCUT2D eigenvalue weighted by atomic mass is 10.3. The van der Waals surface area contributed by atoms with Crippen molar-refractivity contribution < 1.29 is 9.53 Å². The molecule has 0 aliphatic heterocycles. The van der Waals surface area contributed by atoms with E-state index in [1.54, 1.807) is 11.8 Å². The minimum atomic E-state index is -0.0796. The number of thioether (sulfide) groups is 1. The van der Waals surface area contributed by atoms with Gasteiger partial charge in [-0.25, -0.2) is 0 Å². The van der Waals surface area contributed by atoms with Crippen LogP contribution in [0.5, 0.6) is 0 Å². The van der Waals surface area contributed by atoms with Crippen molar-refractivity contribution in [2.45, 2.75) is 45.3 Å². The van der Waals surface area contributed by atoms with Gasteiger partial charge in [-0.1, -0.05) is 19.8 Å². The van der Waals surface area contributed by atoms with Crippen molar-refractivity contribution in [2.24, 2.45) is 0 Å². The van der Waals surface area contributed by atoms with Crippen LogP contribution in [0.3, 0.4) is 0 Å². The van der Waals surface area contributed by atoms with E-state index in [0.29, 0.717) is 6.61 Å². The van der Waals surface area contributed by atoms with Gasteiger partial charge < -0.3 is 4.74 Å². The summed E-state index contributed by atoms with van der Waals surface area (Å²) < 4.78 is 4.90. The van der Waals surface area contributed by atoms with Gasteiger partial charge in [-0.05, 0) is 26.0 Å². The lowest BCUT2D eigenvalue weighted by molar-refractivity contribution is -0.142. The van der Waals surface area contributed by atoms with E-state index in [0.717, 1.165) is 5.75 Å². The molecule has 0 N–H and O–H groups in total. The number of ether oxygens (including phenoxy) is 1. The van der Waals surface area contributed by atoms with Crippen LogP contribution in [0.1, 0.15) is 40.0 Å². The minimum absolute atomic E-state index is 0.00296. The topological polar surface area (TPSA) is 26.3 Å². The lowest BCUT2D eigenvalue weighted by Gasteiger charge is -2.09. The Morgan fingerprint density at radius 1 is 1.38 bits per heavy atom. The third-order valence-corrected chi connectivity index (χ3v) is 2.95. The molecule has 0 aliphatic carbocycles. The summed E-state index contributed by atoms with van der Waals surface area (Å²) in [6.07, 6.45) is 3.68. The summed E-state index contributed by atoms with van der Waals surface area (Å²) >= 11 is 1.69. The molecule has 0 aliphatic rings. The second kappa shape index (κ2) is 8.42. The van der Waals surface area contributed by atoms with E-state index >= 15 is 0 Å². The zero-order valence-corrected chi connectivity index (χ0v) is 9.65. The van der Waals surface area contributed by atoms with Crippen LogP contribution in [0.15, 0.2) is 0 Å². The highest BCUT2D eigenvalue weighted by Crippen LogP contribution is 2.14. The fraction of sp³-hybridized carbons (Fsp3) is 0.900. The molecule has 13 heavy (non-hydrogen) atoms. The largest absolute Gasteiger partial charge is 0.465 e. The highest BCUT2D eigenvalue weighted by Gasteiger charge is 2.13. The van der Waals surface area contributed by atoms with Crippen molar-refractivity contribution in [1.82, 2.24) is 0 Å². The Hall–Kier alpha value is -0.180. The van der Waals surface area contributed by atoms with Gasteiger partial charge in [0.1, 0.15) is 0 Å². The molecule has 0 spiro atoms. The summed E-state index contributed by atoms with van der Waals surface area (Å²) in [5.41, 5.74) is 0. The molecule has 0 rings (SSSR count). The molecule has 78 valence electrons. The van der Waals surface area contributed by atoms with Gasteiger partial charge in [0.15, 0.2) is 0 Å². The summed E-state index contributed by atoms with van der Waals surface area (Å²) in [6, 6.07) is 0. The number of hydrogen-bond acceptors (Lipinski definition) is 3. The number of hydrogen-bond donors (Lipinski definition) is 0. The molecule has 0 saturated carbocycles. The van der Waals surface area contributed by atoms with E-state index in [9.17, 15) is 4.79 Å². The van der Waals surface area contributed by atoms with Crippen LogP contribution in [0, 0.1) is 0 Å². The quantitative estimate of drug-likeness (QED) is 0.471. The molecule has 1 atom stereocenters. The number of esters is 1. The van der Waals surface area contributed by atoms with Gasteiger partial charge in [-0.15, -0.1) is 11.8 Å². The molecule has 0 radical (unpaired) electrons. The molecule has 0 aromatic carbocycles. The van der Waals surface area contributed by atoms with Crippen LogP contribution in [0.4, 0.5) is 0 Å². The number of unbranched alkanes of at least 4 members (excludes halogenated alkanes) is 2. The third-order valence-electron chi connectivity index (χ3n) is 1.73.